The summed E-state index contributed by atoms with van der Waals surface area (Å²) in [6.45, 7) is 1.66. The summed E-state index contributed by atoms with van der Waals surface area (Å²) in [6.07, 6.45) is 1.60. The van der Waals surface area contributed by atoms with Gasteiger partial charge in [0.2, 0.25) is 0 Å². The van der Waals surface area contributed by atoms with E-state index in [1.165, 1.54) is 12.1 Å². The lowest BCUT2D eigenvalue weighted by atomic mass is 9.87. The number of ether oxygens (including phenoxy) is 2. The van der Waals surface area contributed by atoms with Crippen LogP contribution in [0.25, 0.3) is 0 Å². The zero-order chi connectivity index (χ0) is 21.3. The van der Waals surface area contributed by atoms with Crippen molar-refractivity contribution >= 4 is 30.0 Å². The van der Waals surface area contributed by atoms with Crippen molar-refractivity contribution in [1.29, 1.82) is 0 Å². The molecule has 1 fully saturated rings. The first-order valence-corrected chi connectivity index (χ1v) is 10.3. The number of rotatable bonds is 6. The number of aliphatic hydroxyl groups is 1. The predicted octanol–water partition coefficient (Wildman–Crippen LogP) is 3.81. The summed E-state index contributed by atoms with van der Waals surface area (Å²) in [5.74, 6) is -1.50. The van der Waals surface area contributed by atoms with Crippen molar-refractivity contribution in [2.24, 2.45) is 0 Å². The number of hydrogen-bond acceptors (Lipinski definition) is 5. The van der Waals surface area contributed by atoms with Gasteiger partial charge in [0.05, 0.1) is 0 Å². The van der Waals surface area contributed by atoms with Gasteiger partial charge < -0.3 is 24.6 Å². The van der Waals surface area contributed by atoms with E-state index in [0.717, 1.165) is 49.7 Å². The monoisotopic (exact) mass is 471 g/mol. The Balaban J connectivity index is 0.00000272. The molecule has 9 heteroatoms. The highest BCUT2D eigenvalue weighted by molar-refractivity contribution is 6.30. The van der Waals surface area contributed by atoms with Crippen molar-refractivity contribution in [2.45, 2.75) is 31.0 Å². The van der Waals surface area contributed by atoms with Gasteiger partial charge >= 0.3 is 5.97 Å². The van der Waals surface area contributed by atoms with Crippen LogP contribution in [0, 0.1) is 5.82 Å². The number of halogens is 3. The first-order chi connectivity index (χ1) is 14.3. The van der Waals surface area contributed by atoms with Gasteiger partial charge in [0, 0.05) is 43.9 Å². The fourth-order valence-electron chi connectivity index (χ4n) is 4.18. The van der Waals surface area contributed by atoms with Crippen LogP contribution in [-0.4, -0.2) is 59.0 Å². The summed E-state index contributed by atoms with van der Waals surface area (Å²) in [4.78, 5) is 13.3. The zero-order valence-electron chi connectivity index (χ0n) is 16.7. The summed E-state index contributed by atoms with van der Waals surface area (Å²) < 4.78 is 25.5. The standard InChI is InChI=1S/C22H23ClFNO5.ClH/c23-15-4-5-19-14(10-15)11-22(30-19)6-8-25(9-7-22)12-16(26)13-29-20-17(21(27)28)2-1-3-18(20)24;/h1-5,10,16,26H,6-9,11-13H2,(H,27,28);1H/t16-;/m1./s1. The van der Waals surface area contributed by atoms with Crippen molar-refractivity contribution in [3.05, 3.63) is 58.4 Å². The fraction of sp³-hybridized carbons (Fsp3) is 0.409. The molecule has 0 bridgehead atoms. The molecule has 0 radical (unpaired) electrons. The Kier molecular flexibility index (Phi) is 7.31. The minimum atomic E-state index is -1.28. The lowest BCUT2D eigenvalue weighted by Gasteiger charge is -2.39. The van der Waals surface area contributed by atoms with E-state index in [1.54, 1.807) is 0 Å². The minimum Gasteiger partial charge on any atom is -0.487 e. The molecule has 2 N–H and O–H groups in total. The molecule has 0 amide bonds. The molecule has 2 aromatic rings. The molecule has 2 aliphatic rings. The highest BCUT2D eigenvalue weighted by Crippen LogP contribution is 2.41. The van der Waals surface area contributed by atoms with Crippen LogP contribution in [0.5, 0.6) is 11.5 Å². The average molecular weight is 472 g/mol. The molecule has 1 spiro atoms. The molecule has 6 nitrogen and oxygen atoms in total. The van der Waals surface area contributed by atoms with Gasteiger partial charge in [-0.15, -0.1) is 12.4 Å². The van der Waals surface area contributed by atoms with Crippen LogP contribution >= 0.6 is 24.0 Å². The second-order valence-corrected chi connectivity index (χ2v) is 8.34. The quantitative estimate of drug-likeness (QED) is 0.666. The van der Waals surface area contributed by atoms with Crippen LogP contribution in [0.4, 0.5) is 4.39 Å². The molecular formula is C22H24Cl2FNO5. The third-order valence-corrected chi connectivity index (χ3v) is 5.95. The molecule has 0 unspecified atom stereocenters. The van der Waals surface area contributed by atoms with Gasteiger partial charge in [-0.3, -0.25) is 0 Å². The van der Waals surface area contributed by atoms with Gasteiger partial charge in [-0.25, -0.2) is 9.18 Å². The molecular weight excluding hydrogens is 448 g/mol. The summed E-state index contributed by atoms with van der Waals surface area (Å²) in [5.41, 5.74) is 0.637. The molecule has 0 saturated carbocycles. The molecule has 4 rings (SSSR count). The Morgan fingerprint density at radius 3 is 2.74 bits per heavy atom. The van der Waals surface area contributed by atoms with E-state index in [1.807, 2.05) is 18.2 Å². The maximum atomic E-state index is 13.9. The Bertz CT molecular complexity index is 949. The smallest absolute Gasteiger partial charge is 0.339 e. The maximum Gasteiger partial charge on any atom is 0.339 e. The normalized spacial score (nSPS) is 18.0. The SMILES string of the molecule is Cl.O=C(O)c1cccc(F)c1OC[C@H](O)CN1CCC2(CC1)Cc1cc(Cl)ccc1O2. The number of hydrogen-bond donors (Lipinski definition) is 2. The van der Waals surface area contributed by atoms with E-state index in [0.29, 0.717) is 11.6 Å². The van der Waals surface area contributed by atoms with Gasteiger partial charge in [-0.05, 0) is 35.9 Å². The average Bonchev–Trinajstić information content (AvgIpc) is 3.05. The molecule has 168 valence electrons. The number of carboxylic acids is 1. The van der Waals surface area contributed by atoms with Gasteiger partial charge in [0.15, 0.2) is 11.6 Å². The van der Waals surface area contributed by atoms with Gasteiger partial charge in [-0.1, -0.05) is 17.7 Å². The Hall–Kier alpha value is -2.06. The van der Waals surface area contributed by atoms with Crippen molar-refractivity contribution in [3.8, 4) is 11.5 Å². The molecule has 2 aromatic carbocycles. The van der Waals surface area contributed by atoms with Gasteiger partial charge in [0.1, 0.15) is 29.6 Å². The highest BCUT2D eigenvalue weighted by Gasteiger charge is 2.42. The van der Waals surface area contributed by atoms with E-state index < -0.39 is 17.9 Å². The molecule has 0 aromatic heterocycles. The molecule has 31 heavy (non-hydrogen) atoms. The first-order valence-electron chi connectivity index (χ1n) is 9.88. The Morgan fingerprint density at radius 2 is 2.03 bits per heavy atom. The third kappa shape index (κ3) is 5.23. The summed E-state index contributed by atoms with van der Waals surface area (Å²) in [5, 5.41) is 20.2. The number of benzene rings is 2. The van der Waals surface area contributed by atoms with E-state index in [2.05, 4.69) is 4.90 Å². The third-order valence-electron chi connectivity index (χ3n) is 5.72. The number of nitrogens with zero attached hydrogens (tertiary/aromatic N) is 1. The molecule has 1 saturated heterocycles. The zero-order valence-corrected chi connectivity index (χ0v) is 18.3. The molecule has 2 heterocycles. The number of para-hydroxylation sites is 1. The van der Waals surface area contributed by atoms with E-state index in [-0.39, 0.29) is 35.9 Å². The van der Waals surface area contributed by atoms with Crippen LogP contribution in [0.3, 0.4) is 0 Å². The molecule has 2 aliphatic heterocycles. The van der Waals surface area contributed by atoms with Crippen LogP contribution in [0.2, 0.25) is 5.02 Å². The van der Waals surface area contributed by atoms with E-state index >= 15 is 0 Å². The Labute approximate surface area is 190 Å². The number of fused-ring (bicyclic) bond motifs is 1. The van der Waals surface area contributed by atoms with E-state index in [4.69, 9.17) is 26.2 Å². The van der Waals surface area contributed by atoms with Gasteiger partial charge in [-0.2, -0.15) is 0 Å². The van der Waals surface area contributed by atoms with Crippen molar-refractivity contribution in [1.82, 2.24) is 4.90 Å². The van der Waals surface area contributed by atoms with Crippen LogP contribution in [0.15, 0.2) is 36.4 Å². The number of aliphatic hydroxyl groups excluding tert-OH is 1. The van der Waals surface area contributed by atoms with Crippen LogP contribution in [-0.2, 0) is 6.42 Å². The second kappa shape index (κ2) is 9.61. The number of β-amino-alcohol motifs (C(OH)–C–C–N with tert-alkyl or cyclic N) is 1. The fourth-order valence-corrected chi connectivity index (χ4v) is 4.37. The largest absolute Gasteiger partial charge is 0.487 e. The minimum absolute atomic E-state index is 0. The number of aromatic carboxylic acids is 1. The number of carboxylic acid groups (broad SMARTS) is 1. The topological polar surface area (TPSA) is 79.2 Å². The lowest BCUT2D eigenvalue weighted by Crippen LogP contribution is -2.49. The molecule has 0 aliphatic carbocycles. The van der Waals surface area contributed by atoms with Crippen LogP contribution in [0.1, 0.15) is 28.8 Å². The summed E-state index contributed by atoms with van der Waals surface area (Å²) in [6, 6.07) is 9.40. The van der Waals surface area contributed by atoms with Crippen LogP contribution < -0.4 is 9.47 Å². The van der Waals surface area contributed by atoms with Crippen molar-refractivity contribution in [2.75, 3.05) is 26.2 Å². The molecule has 1 atom stereocenters. The van der Waals surface area contributed by atoms with Gasteiger partial charge in [0.25, 0.3) is 0 Å². The van der Waals surface area contributed by atoms with Crippen molar-refractivity contribution < 1.29 is 28.9 Å². The van der Waals surface area contributed by atoms with E-state index in [9.17, 15) is 14.3 Å². The summed E-state index contributed by atoms with van der Waals surface area (Å²) in [7, 11) is 0. The second-order valence-electron chi connectivity index (χ2n) is 7.90. The highest BCUT2D eigenvalue weighted by atomic mass is 35.5. The number of carbonyl (C=O) groups is 1. The lowest BCUT2D eigenvalue weighted by molar-refractivity contribution is -0.00227. The Morgan fingerprint density at radius 1 is 1.29 bits per heavy atom. The summed E-state index contributed by atoms with van der Waals surface area (Å²) >= 11 is 6.08. The number of likely N-dealkylation sites (tertiary alicyclic amines) is 1. The number of piperidine rings is 1. The first kappa shape index (κ1) is 23.6. The maximum absolute atomic E-state index is 13.9. The predicted molar refractivity (Wildman–Crippen MR) is 116 cm³/mol. The van der Waals surface area contributed by atoms with Crippen molar-refractivity contribution in [3.63, 3.8) is 0 Å².